The molecule has 0 nitrogen and oxygen atoms in total. The van der Waals surface area contributed by atoms with Gasteiger partial charge < -0.3 is 0 Å². The number of hydrogen-bond acceptors (Lipinski definition) is 0. The molecule has 1 aliphatic rings. The van der Waals surface area contributed by atoms with Gasteiger partial charge in [-0.25, -0.2) is 0 Å². The smallest absolute Gasteiger partial charge is 0.00296 e. The molecule has 0 spiro atoms. The van der Waals surface area contributed by atoms with Crippen molar-refractivity contribution in [2.24, 2.45) is 0 Å². The molecule has 0 N–H and O–H groups in total. The average Bonchev–Trinajstić information content (AvgIpc) is 2.76. The number of benzene rings is 4. The fourth-order valence-electron chi connectivity index (χ4n) is 4.05. The predicted molar refractivity (Wildman–Crippen MR) is 91.6 cm³/mol. The molecule has 5 rings (SSSR count). The summed E-state index contributed by atoms with van der Waals surface area (Å²) >= 11 is 0. The zero-order chi connectivity index (χ0) is 13.8. The molecule has 100 valence electrons. The molecule has 0 saturated heterocycles. The molecule has 1 aliphatic carbocycles. The first-order valence-corrected chi connectivity index (χ1v) is 7.78. The minimum absolute atomic E-state index is 1.19. The van der Waals surface area contributed by atoms with Gasteiger partial charge in [0, 0.05) is 0 Å². The molecule has 4 aromatic carbocycles. The van der Waals surface area contributed by atoms with E-state index in [0.717, 1.165) is 0 Å². The normalized spacial score (nSPS) is 14.5. The summed E-state index contributed by atoms with van der Waals surface area (Å²) in [5.41, 5.74) is 1.55. The van der Waals surface area contributed by atoms with Crippen LogP contribution in [0.2, 0.25) is 0 Å². The Morgan fingerprint density at radius 1 is 0.667 bits per heavy atom. The van der Waals surface area contributed by atoms with Crippen molar-refractivity contribution in [2.75, 3.05) is 0 Å². The molecule has 0 heteroatoms. The highest BCUT2D eigenvalue weighted by Gasteiger charge is 2.14. The molecular formula is C21H16. The van der Waals surface area contributed by atoms with Crippen molar-refractivity contribution < 1.29 is 0 Å². The molecule has 0 atom stereocenters. The third kappa shape index (κ3) is 1.45. The Kier molecular flexibility index (Phi) is 2.20. The van der Waals surface area contributed by atoms with Gasteiger partial charge in [0.25, 0.3) is 0 Å². The Hall–Kier alpha value is -2.34. The first kappa shape index (κ1) is 11.3. The Bertz CT molecular complexity index is 1050. The SMILES string of the molecule is C1=c2cccc3c2c(c2cccc4cccc3c42)CCC1. The molecule has 4 aromatic rings. The second-order valence-corrected chi connectivity index (χ2v) is 6.05. The van der Waals surface area contributed by atoms with Crippen LogP contribution in [0.3, 0.4) is 0 Å². The highest BCUT2D eigenvalue weighted by Crippen LogP contribution is 2.36. The third-order valence-corrected chi connectivity index (χ3v) is 4.91. The molecule has 0 bridgehead atoms. The number of fused-ring (bicyclic) bond motifs is 2. The van der Waals surface area contributed by atoms with Crippen LogP contribution in [0, 0.1) is 0 Å². The maximum atomic E-state index is 2.42. The largest absolute Gasteiger partial charge is 0.0766 e. The van der Waals surface area contributed by atoms with Gasteiger partial charge in [-0.15, -0.1) is 0 Å². The van der Waals surface area contributed by atoms with Crippen LogP contribution in [0.5, 0.6) is 0 Å². The van der Waals surface area contributed by atoms with E-state index in [2.05, 4.69) is 60.7 Å². The minimum atomic E-state index is 1.19. The van der Waals surface area contributed by atoms with E-state index in [-0.39, 0.29) is 0 Å². The lowest BCUT2D eigenvalue weighted by Crippen LogP contribution is -2.03. The molecule has 0 fully saturated rings. The molecular weight excluding hydrogens is 252 g/mol. The summed E-state index contributed by atoms with van der Waals surface area (Å²) in [5.74, 6) is 0. The Morgan fingerprint density at radius 2 is 1.38 bits per heavy atom. The lowest BCUT2D eigenvalue weighted by molar-refractivity contribution is 0.881. The van der Waals surface area contributed by atoms with Crippen molar-refractivity contribution in [2.45, 2.75) is 19.3 Å². The first-order chi connectivity index (χ1) is 10.4. The quantitative estimate of drug-likeness (QED) is 0.311. The van der Waals surface area contributed by atoms with Crippen molar-refractivity contribution >= 4 is 38.4 Å². The fourth-order valence-corrected chi connectivity index (χ4v) is 4.05. The predicted octanol–water partition coefficient (Wildman–Crippen LogP) is 4.98. The van der Waals surface area contributed by atoms with Gasteiger partial charge in [-0.2, -0.15) is 0 Å². The van der Waals surface area contributed by atoms with E-state index in [0.29, 0.717) is 0 Å². The van der Waals surface area contributed by atoms with Gasteiger partial charge in [-0.3, -0.25) is 0 Å². The highest BCUT2D eigenvalue weighted by molar-refractivity contribution is 6.23. The monoisotopic (exact) mass is 268 g/mol. The van der Waals surface area contributed by atoms with Gasteiger partial charge in [0.05, 0.1) is 0 Å². The summed E-state index contributed by atoms with van der Waals surface area (Å²) in [7, 11) is 0. The van der Waals surface area contributed by atoms with Crippen molar-refractivity contribution in [3.63, 3.8) is 0 Å². The third-order valence-electron chi connectivity index (χ3n) is 4.91. The van der Waals surface area contributed by atoms with E-state index in [9.17, 15) is 0 Å². The van der Waals surface area contributed by atoms with Crippen LogP contribution in [0.1, 0.15) is 18.4 Å². The Balaban J connectivity index is 2.22. The topological polar surface area (TPSA) is 0 Å². The van der Waals surface area contributed by atoms with Crippen LogP contribution >= 0.6 is 0 Å². The summed E-state index contributed by atoms with van der Waals surface area (Å²) < 4.78 is 0. The number of hydrogen-bond donors (Lipinski definition) is 0. The van der Waals surface area contributed by atoms with Crippen LogP contribution in [-0.4, -0.2) is 0 Å². The molecule has 0 unspecified atom stereocenters. The van der Waals surface area contributed by atoms with Crippen molar-refractivity contribution in [1.29, 1.82) is 0 Å². The van der Waals surface area contributed by atoms with Gasteiger partial charge in [0.1, 0.15) is 0 Å². The van der Waals surface area contributed by atoms with E-state index in [1.54, 1.807) is 5.56 Å². The van der Waals surface area contributed by atoms with Crippen molar-refractivity contribution in [3.05, 3.63) is 65.4 Å². The van der Waals surface area contributed by atoms with Gasteiger partial charge >= 0.3 is 0 Å². The van der Waals surface area contributed by atoms with Crippen LogP contribution in [-0.2, 0) is 6.42 Å². The Labute approximate surface area is 123 Å². The molecule has 0 amide bonds. The summed E-state index contributed by atoms with van der Waals surface area (Å²) in [4.78, 5) is 0. The first-order valence-electron chi connectivity index (χ1n) is 7.78. The molecule has 21 heavy (non-hydrogen) atoms. The second-order valence-electron chi connectivity index (χ2n) is 6.05. The second kappa shape index (κ2) is 4.08. The van der Waals surface area contributed by atoms with Crippen LogP contribution < -0.4 is 5.22 Å². The molecule has 0 heterocycles. The summed E-state index contributed by atoms with van der Waals surface area (Å²) in [6.07, 6.45) is 6.04. The van der Waals surface area contributed by atoms with Gasteiger partial charge in [0.15, 0.2) is 0 Å². The standard InChI is InChI=1S/C21H16/c1-2-10-16-17-11-4-8-15-9-5-13-19(21(15)17)18-12-3-7-14(6-1)20(16)18/h3-9,11-13H,1-2,10H2. The van der Waals surface area contributed by atoms with E-state index < -0.39 is 0 Å². The van der Waals surface area contributed by atoms with E-state index >= 15 is 0 Å². The van der Waals surface area contributed by atoms with E-state index in [1.165, 1.54) is 56.8 Å². The molecule has 0 radical (unpaired) electrons. The van der Waals surface area contributed by atoms with Crippen molar-refractivity contribution in [3.8, 4) is 0 Å². The van der Waals surface area contributed by atoms with E-state index in [4.69, 9.17) is 0 Å². The zero-order valence-electron chi connectivity index (χ0n) is 11.9. The van der Waals surface area contributed by atoms with Gasteiger partial charge in [-0.05, 0) is 62.4 Å². The molecule has 0 saturated carbocycles. The van der Waals surface area contributed by atoms with Gasteiger partial charge in [0.2, 0.25) is 0 Å². The van der Waals surface area contributed by atoms with Crippen molar-refractivity contribution in [1.82, 2.24) is 0 Å². The molecule has 0 aromatic heterocycles. The average molecular weight is 268 g/mol. The van der Waals surface area contributed by atoms with Gasteiger partial charge in [-0.1, -0.05) is 60.7 Å². The minimum Gasteiger partial charge on any atom is -0.0766 e. The maximum Gasteiger partial charge on any atom is -0.00296 e. The summed E-state index contributed by atoms with van der Waals surface area (Å²) in [5, 5.41) is 10.00. The van der Waals surface area contributed by atoms with E-state index in [1.807, 2.05) is 0 Å². The summed E-state index contributed by atoms with van der Waals surface area (Å²) in [6.45, 7) is 0. The molecule has 0 aliphatic heterocycles. The Morgan fingerprint density at radius 3 is 2.24 bits per heavy atom. The zero-order valence-corrected chi connectivity index (χ0v) is 11.9. The lowest BCUT2D eigenvalue weighted by atomic mass is 9.89. The van der Waals surface area contributed by atoms with Crippen LogP contribution in [0.25, 0.3) is 38.4 Å². The number of rotatable bonds is 0. The number of aryl methyl sites for hydroxylation is 1. The summed E-state index contributed by atoms with van der Waals surface area (Å²) in [6, 6.07) is 20.2. The fraction of sp³-hybridized carbons (Fsp3) is 0.143. The lowest BCUT2D eigenvalue weighted by Gasteiger charge is -2.15. The maximum absolute atomic E-state index is 2.42. The highest BCUT2D eigenvalue weighted by atomic mass is 14.2. The van der Waals surface area contributed by atoms with Crippen LogP contribution in [0.15, 0.2) is 54.6 Å². The van der Waals surface area contributed by atoms with Crippen LogP contribution in [0.4, 0.5) is 0 Å².